The van der Waals surface area contributed by atoms with Crippen LogP contribution in [0.3, 0.4) is 0 Å². The van der Waals surface area contributed by atoms with Crippen LogP contribution in [-0.4, -0.2) is 62.7 Å². The van der Waals surface area contributed by atoms with Gasteiger partial charge in [-0.05, 0) is 30.4 Å². The largest absolute Gasteiger partial charge is 0.480 e. The molecule has 0 fully saturated rings. The number of carbonyl (C=O) groups is 4. The third-order valence-electron chi connectivity index (χ3n) is 4.35. The second-order valence-corrected chi connectivity index (χ2v) is 7.66. The van der Waals surface area contributed by atoms with Crippen molar-refractivity contribution in [2.75, 3.05) is 18.1 Å². The maximum Gasteiger partial charge on any atom is 0.326 e. The van der Waals surface area contributed by atoms with E-state index in [2.05, 4.69) is 5.32 Å². The van der Waals surface area contributed by atoms with Crippen LogP contribution in [0.5, 0.6) is 0 Å². The first-order valence-corrected chi connectivity index (χ1v) is 10.2. The Morgan fingerprint density at radius 2 is 2.03 bits per heavy atom. The summed E-state index contributed by atoms with van der Waals surface area (Å²) in [6, 6.07) is 2.84. The van der Waals surface area contributed by atoms with Crippen molar-refractivity contribution in [3.8, 4) is 0 Å². The molecule has 1 atom stereocenters. The zero-order valence-corrected chi connectivity index (χ0v) is 16.6. The third kappa shape index (κ3) is 5.31. The number of hydrogen-bond acceptors (Lipinski definition) is 7. The molecule has 0 bridgehead atoms. The first-order valence-electron chi connectivity index (χ1n) is 9.01. The van der Waals surface area contributed by atoms with Gasteiger partial charge in [0.1, 0.15) is 11.6 Å². The lowest BCUT2D eigenvalue weighted by Gasteiger charge is -2.16. The third-order valence-corrected chi connectivity index (χ3v) is 5.28. The van der Waals surface area contributed by atoms with E-state index in [0.29, 0.717) is 12.2 Å². The van der Waals surface area contributed by atoms with Gasteiger partial charge in [0.25, 0.3) is 17.5 Å². The van der Waals surface area contributed by atoms with Crippen LogP contribution in [0, 0.1) is 10.1 Å². The minimum atomic E-state index is -1.12. The van der Waals surface area contributed by atoms with Crippen LogP contribution in [0.1, 0.15) is 46.9 Å². The first-order chi connectivity index (χ1) is 13.8. The summed E-state index contributed by atoms with van der Waals surface area (Å²) in [5.74, 6) is -1.59. The van der Waals surface area contributed by atoms with Crippen molar-refractivity contribution in [2.45, 2.75) is 32.2 Å². The summed E-state index contributed by atoms with van der Waals surface area (Å²) in [4.78, 5) is 59.3. The summed E-state index contributed by atoms with van der Waals surface area (Å²) in [7, 11) is 0. The van der Waals surface area contributed by atoms with Crippen molar-refractivity contribution in [3.63, 3.8) is 0 Å². The number of nitrogens with zero attached hydrogens (tertiary/aromatic N) is 2. The first kappa shape index (κ1) is 22.3. The molecule has 156 valence electrons. The molecule has 1 aromatic rings. The lowest BCUT2D eigenvalue weighted by Crippen LogP contribution is -2.41. The van der Waals surface area contributed by atoms with Gasteiger partial charge in [0, 0.05) is 19.0 Å². The number of hydrogen-bond donors (Lipinski definition) is 2. The molecule has 1 aromatic carbocycles. The Labute approximate surface area is 170 Å². The summed E-state index contributed by atoms with van der Waals surface area (Å²) in [5.41, 5.74) is -0.713. The van der Waals surface area contributed by atoms with Gasteiger partial charge >= 0.3 is 5.97 Å². The molecule has 2 N–H and O–H groups in total. The number of nitro benzene ring substituents is 1. The number of carboxylic acids is 1. The monoisotopic (exact) mass is 423 g/mol. The molecule has 0 radical (unpaired) electrons. The molecule has 29 heavy (non-hydrogen) atoms. The van der Waals surface area contributed by atoms with Crippen LogP contribution in [-0.2, 0) is 9.59 Å². The SMILES string of the molecule is CCSCCC(NC(=O)CCCN1C(=O)c2cccc([N+](=O)[O-])c2C1=O)C(=O)O. The fourth-order valence-electron chi connectivity index (χ4n) is 2.94. The molecule has 1 aliphatic heterocycles. The normalized spacial score (nSPS) is 13.9. The van der Waals surface area contributed by atoms with Crippen molar-refractivity contribution < 1.29 is 29.2 Å². The van der Waals surface area contributed by atoms with Gasteiger partial charge in [-0.25, -0.2) is 4.79 Å². The Kier molecular flexibility index (Phi) is 7.71. The molecule has 0 spiro atoms. The number of amides is 3. The Hall–Kier alpha value is -2.95. The quantitative estimate of drug-likeness (QED) is 0.236. The molecule has 1 heterocycles. The van der Waals surface area contributed by atoms with E-state index in [4.69, 9.17) is 0 Å². The average molecular weight is 423 g/mol. The van der Waals surface area contributed by atoms with Gasteiger partial charge in [-0.3, -0.25) is 29.4 Å². The molecule has 2 rings (SSSR count). The highest BCUT2D eigenvalue weighted by Crippen LogP contribution is 2.30. The van der Waals surface area contributed by atoms with Crippen molar-refractivity contribution in [3.05, 3.63) is 39.4 Å². The lowest BCUT2D eigenvalue weighted by atomic mass is 10.1. The molecular weight excluding hydrogens is 402 g/mol. The number of benzene rings is 1. The van der Waals surface area contributed by atoms with E-state index in [1.807, 2.05) is 6.92 Å². The summed E-state index contributed by atoms with van der Waals surface area (Å²) in [6.45, 7) is 1.85. The van der Waals surface area contributed by atoms with E-state index in [-0.39, 0.29) is 30.5 Å². The maximum atomic E-state index is 12.4. The number of nitrogens with one attached hydrogen (secondary N) is 1. The summed E-state index contributed by atoms with van der Waals surface area (Å²) >= 11 is 1.57. The van der Waals surface area contributed by atoms with E-state index in [9.17, 15) is 34.4 Å². The molecule has 11 heteroatoms. The van der Waals surface area contributed by atoms with Gasteiger partial charge in [-0.1, -0.05) is 13.0 Å². The van der Waals surface area contributed by atoms with Crippen molar-refractivity contribution in [2.24, 2.45) is 0 Å². The molecule has 0 aliphatic carbocycles. The number of carboxylic acid groups (broad SMARTS) is 1. The van der Waals surface area contributed by atoms with Crippen molar-refractivity contribution >= 4 is 41.1 Å². The molecule has 0 aromatic heterocycles. The van der Waals surface area contributed by atoms with Crippen LogP contribution in [0.2, 0.25) is 0 Å². The summed E-state index contributed by atoms with van der Waals surface area (Å²) < 4.78 is 0. The maximum absolute atomic E-state index is 12.4. The van der Waals surface area contributed by atoms with E-state index < -0.39 is 40.3 Å². The molecule has 10 nitrogen and oxygen atoms in total. The van der Waals surface area contributed by atoms with Gasteiger partial charge in [-0.2, -0.15) is 11.8 Å². The van der Waals surface area contributed by atoms with Crippen molar-refractivity contribution in [1.82, 2.24) is 10.2 Å². The Morgan fingerprint density at radius 1 is 1.31 bits per heavy atom. The highest BCUT2D eigenvalue weighted by atomic mass is 32.2. The van der Waals surface area contributed by atoms with Crippen LogP contribution >= 0.6 is 11.8 Å². The number of imide groups is 1. The van der Waals surface area contributed by atoms with E-state index in [1.54, 1.807) is 11.8 Å². The van der Waals surface area contributed by atoms with Crippen LogP contribution < -0.4 is 5.32 Å². The zero-order chi connectivity index (χ0) is 21.6. The number of carbonyl (C=O) groups excluding carboxylic acids is 3. The topological polar surface area (TPSA) is 147 Å². The van der Waals surface area contributed by atoms with Gasteiger partial charge in [0.05, 0.1) is 10.5 Å². The van der Waals surface area contributed by atoms with Gasteiger partial charge in [0.2, 0.25) is 5.91 Å². The Bertz CT molecular complexity index is 843. The van der Waals surface area contributed by atoms with Crippen LogP contribution in [0.25, 0.3) is 0 Å². The smallest absolute Gasteiger partial charge is 0.326 e. The molecule has 0 saturated carbocycles. The number of thioether (sulfide) groups is 1. The molecule has 0 saturated heterocycles. The van der Waals surface area contributed by atoms with E-state index in [0.717, 1.165) is 16.7 Å². The number of aliphatic carboxylic acids is 1. The lowest BCUT2D eigenvalue weighted by molar-refractivity contribution is -0.385. The predicted octanol–water partition coefficient (Wildman–Crippen LogP) is 1.68. The molecular formula is C18H21N3O7S. The molecule has 3 amide bonds. The van der Waals surface area contributed by atoms with E-state index in [1.165, 1.54) is 12.1 Å². The fraction of sp³-hybridized carbons (Fsp3) is 0.444. The Morgan fingerprint density at radius 3 is 2.66 bits per heavy atom. The van der Waals surface area contributed by atoms with E-state index >= 15 is 0 Å². The second kappa shape index (κ2) is 10.0. The summed E-state index contributed by atoms with van der Waals surface area (Å²) in [5, 5.41) is 22.7. The average Bonchev–Trinajstić information content (AvgIpc) is 2.92. The van der Waals surface area contributed by atoms with Crippen LogP contribution in [0.4, 0.5) is 5.69 Å². The number of nitro groups is 1. The number of fused-ring (bicyclic) bond motifs is 1. The number of rotatable bonds is 11. The van der Waals surface area contributed by atoms with Gasteiger partial charge in [0.15, 0.2) is 0 Å². The minimum absolute atomic E-state index is 0.0342. The Balaban J connectivity index is 1.92. The fourth-order valence-corrected chi connectivity index (χ4v) is 3.63. The van der Waals surface area contributed by atoms with Crippen molar-refractivity contribution in [1.29, 1.82) is 0 Å². The molecule has 1 aliphatic rings. The minimum Gasteiger partial charge on any atom is -0.480 e. The highest BCUT2D eigenvalue weighted by molar-refractivity contribution is 7.99. The predicted molar refractivity (Wildman–Crippen MR) is 105 cm³/mol. The van der Waals surface area contributed by atoms with Crippen LogP contribution in [0.15, 0.2) is 18.2 Å². The summed E-state index contributed by atoms with van der Waals surface area (Å²) in [6.07, 6.45) is 0.322. The van der Waals surface area contributed by atoms with Gasteiger partial charge in [-0.15, -0.1) is 0 Å². The standard InChI is InChI=1S/C18H21N3O7S/c1-2-29-10-8-12(18(25)26)19-14(22)7-4-9-20-16(23)11-5-3-6-13(21(27)28)15(11)17(20)24/h3,5-6,12H,2,4,7-10H2,1H3,(H,19,22)(H,25,26). The zero-order valence-electron chi connectivity index (χ0n) is 15.8. The molecule has 1 unspecified atom stereocenters. The highest BCUT2D eigenvalue weighted by Gasteiger charge is 2.40. The second-order valence-electron chi connectivity index (χ2n) is 6.27. The van der Waals surface area contributed by atoms with Gasteiger partial charge < -0.3 is 10.4 Å².